The van der Waals surface area contributed by atoms with Gasteiger partial charge in [-0.2, -0.15) is 5.10 Å². The average molecular weight is 220 g/mol. The maximum Gasteiger partial charge on any atom is 0.160 e. The summed E-state index contributed by atoms with van der Waals surface area (Å²) in [5, 5.41) is 5.25. The summed E-state index contributed by atoms with van der Waals surface area (Å²) < 4.78 is 1.82. The van der Waals surface area contributed by atoms with E-state index in [0.717, 1.165) is 29.0 Å². The van der Waals surface area contributed by atoms with Gasteiger partial charge in [-0.3, -0.25) is 4.79 Å². The van der Waals surface area contributed by atoms with Gasteiger partial charge in [-0.15, -0.1) is 11.3 Å². The van der Waals surface area contributed by atoms with Crippen LogP contribution >= 0.6 is 11.3 Å². The van der Waals surface area contributed by atoms with Crippen molar-refractivity contribution < 1.29 is 4.79 Å². The molecule has 3 nitrogen and oxygen atoms in total. The number of carbonyl (C=O) groups excluding carboxylic acids is 1. The van der Waals surface area contributed by atoms with Crippen LogP contribution in [-0.2, 0) is 6.42 Å². The minimum absolute atomic E-state index is 0.734. The number of aldehydes is 1. The van der Waals surface area contributed by atoms with Gasteiger partial charge in [0, 0.05) is 6.20 Å². The van der Waals surface area contributed by atoms with Crippen molar-refractivity contribution in [1.82, 2.24) is 9.78 Å². The maximum atomic E-state index is 10.5. The molecule has 15 heavy (non-hydrogen) atoms. The van der Waals surface area contributed by atoms with Gasteiger partial charge in [0.25, 0.3) is 0 Å². The van der Waals surface area contributed by atoms with Crippen LogP contribution in [0.4, 0.5) is 0 Å². The predicted molar refractivity (Wildman–Crippen MR) is 60.8 cm³/mol. The van der Waals surface area contributed by atoms with Crippen LogP contribution in [-0.4, -0.2) is 16.1 Å². The quantitative estimate of drug-likeness (QED) is 0.742. The molecule has 0 aliphatic heterocycles. The van der Waals surface area contributed by atoms with E-state index >= 15 is 0 Å². The first-order valence-corrected chi connectivity index (χ1v) is 5.74. The molecule has 0 unspecified atom stereocenters. The molecular weight excluding hydrogens is 208 g/mol. The minimum Gasteiger partial charge on any atom is -0.297 e. The summed E-state index contributed by atoms with van der Waals surface area (Å²) in [6.45, 7) is 2.15. The fourth-order valence-electron chi connectivity index (χ4n) is 1.43. The summed E-state index contributed by atoms with van der Waals surface area (Å²) in [4.78, 5) is 11.3. The molecule has 0 aromatic carbocycles. The Morgan fingerprint density at radius 1 is 1.53 bits per heavy atom. The van der Waals surface area contributed by atoms with Gasteiger partial charge in [0.2, 0.25) is 0 Å². The second-order valence-corrected chi connectivity index (χ2v) is 4.43. The van der Waals surface area contributed by atoms with Crippen LogP contribution in [0.25, 0.3) is 5.00 Å². The van der Waals surface area contributed by atoms with Gasteiger partial charge < -0.3 is 0 Å². The van der Waals surface area contributed by atoms with Crippen molar-refractivity contribution in [2.45, 2.75) is 19.8 Å². The zero-order chi connectivity index (χ0) is 10.7. The molecule has 78 valence electrons. The topological polar surface area (TPSA) is 34.9 Å². The highest BCUT2D eigenvalue weighted by Gasteiger charge is 2.03. The molecule has 0 aliphatic carbocycles. The molecule has 2 aromatic rings. The molecule has 0 spiro atoms. The first-order chi connectivity index (χ1) is 7.33. The number of hydrogen-bond donors (Lipinski definition) is 0. The van der Waals surface area contributed by atoms with E-state index in [-0.39, 0.29) is 0 Å². The fourth-order valence-corrected chi connectivity index (χ4v) is 2.18. The van der Waals surface area contributed by atoms with Gasteiger partial charge in [-0.05, 0) is 24.1 Å². The van der Waals surface area contributed by atoms with Crippen molar-refractivity contribution in [2.24, 2.45) is 0 Å². The zero-order valence-electron chi connectivity index (χ0n) is 8.51. The smallest absolute Gasteiger partial charge is 0.160 e. The minimum atomic E-state index is 0.734. The Balaban J connectivity index is 2.24. The number of hydrogen-bond acceptors (Lipinski definition) is 3. The van der Waals surface area contributed by atoms with E-state index in [0.29, 0.717) is 0 Å². The van der Waals surface area contributed by atoms with E-state index in [1.54, 1.807) is 0 Å². The first-order valence-electron chi connectivity index (χ1n) is 4.92. The lowest BCUT2D eigenvalue weighted by Gasteiger charge is -1.93. The summed E-state index contributed by atoms with van der Waals surface area (Å²) in [5.41, 5.74) is 1.23. The van der Waals surface area contributed by atoms with E-state index < -0.39 is 0 Å². The lowest BCUT2D eigenvalue weighted by molar-refractivity contribution is 0.112. The molecule has 4 heteroatoms. The van der Waals surface area contributed by atoms with E-state index in [1.807, 2.05) is 29.2 Å². The number of aromatic nitrogens is 2. The molecule has 2 heterocycles. The lowest BCUT2D eigenvalue weighted by atomic mass is 10.2. The Labute approximate surface area is 92.4 Å². The Bertz CT molecular complexity index is 459. The highest BCUT2D eigenvalue weighted by Crippen LogP contribution is 2.19. The molecular formula is C11H12N2OS. The van der Waals surface area contributed by atoms with Crippen molar-refractivity contribution in [2.75, 3.05) is 0 Å². The van der Waals surface area contributed by atoms with Crippen LogP contribution in [0.1, 0.15) is 28.6 Å². The number of carbonyl (C=O) groups is 1. The van der Waals surface area contributed by atoms with E-state index in [1.165, 1.54) is 16.9 Å². The molecule has 2 aromatic heterocycles. The molecule has 0 saturated heterocycles. The Morgan fingerprint density at radius 2 is 2.40 bits per heavy atom. The standard InChI is InChI=1S/C11H12N2OS/c1-2-3-9-6-12-13(7-9)11-5-4-10(8-14)15-11/h4-8H,2-3H2,1H3. The Kier molecular flexibility index (Phi) is 2.97. The molecule has 0 fully saturated rings. The normalized spacial score (nSPS) is 10.5. The summed E-state index contributed by atoms with van der Waals surface area (Å²) in [6, 6.07) is 3.73. The SMILES string of the molecule is CCCc1cnn(-c2ccc(C=O)s2)c1. The predicted octanol–water partition coefficient (Wildman–Crippen LogP) is 2.70. The third-order valence-electron chi connectivity index (χ3n) is 2.13. The molecule has 0 saturated carbocycles. The van der Waals surface area contributed by atoms with Crippen molar-refractivity contribution >= 4 is 17.6 Å². The van der Waals surface area contributed by atoms with E-state index in [2.05, 4.69) is 12.0 Å². The van der Waals surface area contributed by atoms with Crippen LogP contribution < -0.4 is 0 Å². The molecule has 0 amide bonds. The zero-order valence-corrected chi connectivity index (χ0v) is 9.33. The van der Waals surface area contributed by atoms with Crippen molar-refractivity contribution in [3.63, 3.8) is 0 Å². The van der Waals surface area contributed by atoms with Crippen molar-refractivity contribution in [3.05, 3.63) is 35.0 Å². The second-order valence-electron chi connectivity index (χ2n) is 3.34. The number of thiophene rings is 1. The highest BCUT2D eigenvalue weighted by atomic mass is 32.1. The monoisotopic (exact) mass is 220 g/mol. The largest absolute Gasteiger partial charge is 0.297 e. The van der Waals surface area contributed by atoms with Gasteiger partial charge in [-0.25, -0.2) is 4.68 Å². The third kappa shape index (κ3) is 2.15. The molecule has 2 rings (SSSR count). The van der Waals surface area contributed by atoms with Crippen LogP contribution in [0.2, 0.25) is 0 Å². The van der Waals surface area contributed by atoms with Crippen LogP contribution in [0.3, 0.4) is 0 Å². The molecule has 0 radical (unpaired) electrons. The number of nitrogens with zero attached hydrogens (tertiary/aromatic N) is 2. The summed E-state index contributed by atoms with van der Waals surface area (Å²) in [5.74, 6) is 0. The molecule has 0 N–H and O–H groups in total. The maximum absolute atomic E-state index is 10.5. The van der Waals surface area contributed by atoms with E-state index in [4.69, 9.17) is 0 Å². The van der Waals surface area contributed by atoms with Crippen LogP contribution in [0, 0.1) is 0 Å². The lowest BCUT2D eigenvalue weighted by Crippen LogP contribution is -1.89. The summed E-state index contributed by atoms with van der Waals surface area (Å²) in [6.07, 6.45) is 6.93. The summed E-state index contributed by atoms with van der Waals surface area (Å²) >= 11 is 1.45. The van der Waals surface area contributed by atoms with Gasteiger partial charge in [0.1, 0.15) is 5.00 Å². The Morgan fingerprint density at radius 3 is 3.07 bits per heavy atom. The van der Waals surface area contributed by atoms with Gasteiger partial charge in [0.15, 0.2) is 6.29 Å². The van der Waals surface area contributed by atoms with Gasteiger partial charge in [-0.1, -0.05) is 13.3 Å². The molecule has 0 atom stereocenters. The molecule has 0 bridgehead atoms. The fraction of sp³-hybridized carbons (Fsp3) is 0.273. The second kappa shape index (κ2) is 4.40. The Hall–Kier alpha value is -1.42. The van der Waals surface area contributed by atoms with Gasteiger partial charge in [0.05, 0.1) is 11.1 Å². The number of aryl methyl sites for hydroxylation is 1. The van der Waals surface area contributed by atoms with Crippen molar-refractivity contribution in [1.29, 1.82) is 0 Å². The van der Waals surface area contributed by atoms with Gasteiger partial charge >= 0.3 is 0 Å². The summed E-state index contributed by atoms with van der Waals surface area (Å²) in [7, 11) is 0. The molecule has 0 aliphatic rings. The average Bonchev–Trinajstić information content (AvgIpc) is 2.85. The first kappa shape index (κ1) is 10.1. The third-order valence-corrected chi connectivity index (χ3v) is 3.13. The van der Waals surface area contributed by atoms with Crippen LogP contribution in [0.15, 0.2) is 24.5 Å². The van der Waals surface area contributed by atoms with Crippen LogP contribution in [0.5, 0.6) is 0 Å². The van der Waals surface area contributed by atoms with Crippen molar-refractivity contribution in [3.8, 4) is 5.00 Å². The number of rotatable bonds is 4. The highest BCUT2D eigenvalue weighted by molar-refractivity contribution is 7.16. The van der Waals surface area contributed by atoms with E-state index in [9.17, 15) is 4.79 Å².